The summed E-state index contributed by atoms with van der Waals surface area (Å²) in [5.41, 5.74) is 4.96. The highest BCUT2D eigenvalue weighted by Crippen LogP contribution is 1.76. The van der Waals surface area contributed by atoms with Crippen molar-refractivity contribution in [3.05, 3.63) is 0 Å². The second-order valence-electron chi connectivity index (χ2n) is 1.26. The van der Waals surface area contributed by atoms with E-state index in [2.05, 4.69) is 17.5 Å². The monoisotopic (exact) mass is 120 g/mol. The van der Waals surface area contributed by atoms with Crippen LogP contribution in [0.2, 0.25) is 6.32 Å². The number of hydrogen-bond donors (Lipinski definition) is 4. The Morgan fingerprint density at radius 2 is 2.43 bits per heavy atom. The minimum absolute atomic E-state index is 0.545. The molecule has 0 aliphatic heterocycles. The Morgan fingerprint density at radius 3 is 2.57 bits per heavy atom. The van der Waals surface area contributed by atoms with Gasteiger partial charge in [0.05, 0.1) is 0 Å². The van der Waals surface area contributed by atoms with Gasteiger partial charge in [0, 0.05) is 6.54 Å². The topological polar surface area (TPSA) is 58.3 Å². The molecule has 0 aliphatic rings. The molecular formula is C2H9BN2OS. The van der Waals surface area contributed by atoms with E-state index in [-0.39, 0.29) is 0 Å². The molecule has 0 aromatic heterocycles. The second kappa shape index (κ2) is 4.45. The first-order valence-electron chi connectivity index (χ1n) is 2.08. The molecular weight excluding hydrogens is 111 g/mol. The normalized spacial score (nSPS) is 9.00. The highest BCUT2D eigenvalue weighted by Gasteiger charge is 1.99. The Kier molecular flexibility index (Phi) is 4.64. The maximum Gasteiger partial charge on any atom is 0.375 e. The molecule has 0 unspecified atom stereocenters. The Bertz CT molecular complexity index is 44.7. The van der Waals surface area contributed by atoms with Gasteiger partial charge in [-0.15, -0.1) is 0 Å². The molecule has 0 radical (unpaired) electrons. The highest BCUT2D eigenvalue weighted by molar-refractivity contribution is 7.78. The molecule has 4 N–H and O–H groups in total. The van der Waals surface area contributed by atoms with Gasteiger partial charge in [0.25, 0.3) is 0 Å². The van der Waals surface area contributed by atoms with E-state index in [1.54, 1.807) is 0 Å². The molecule has 0 spiro atoms. The second-order valence-corrected chi connectivity index (χ2v) is 1.58. The van der Waals surface area contributed by atoms with Crippen LogP contribution in [0, 0.1) is 0 Å². The maximum absolute atomic E-state index is 8.39. The smallest absolute Gasteiger partial charge is 0.375 e. The first kappa shape index (κ1) is 7.29. The third-order valence-electron chi connectivity index (χ3n) is 0.552. The Balaban J connectivity index is 2.68. The van der Waals surface area contributed by atoms with Crippen LogP contribution in [0.3, 0.4) is 0 Å². The van der Waals surface area contributed by atoms with Crippen molar-refractivity contribution in [2.75, 3.05) is 6.54 Å². The predicted octanol–water partition coefficient (Wildman–Crippen LogP) is -1.14. The van der Waals surface area contributed by atoms with Crippen LogP contribution >= 0.6 is 12.8 Å². The van der Waals surface area contributed by atoms with Crippen LogP contribution in [0.5, 0.6) is 0 Å². The summed E-state index contributed by atoms with van der Waals surface area (Å²) in [6, 6.07) is 0. The maximum atomic E-state index is 8.39. The predicted molar refractivity (Wildman–Crippen MR) is 34.0 cm³/mol. The summed E-state index contributed by atoms with van der Waals surface area (Å²) < 4.78 is 2.55. The molecule has 42 valence electrons. The van der Waals surface area contributed by atoms with E-state index in [9.17, 15) is 0 Å². The zero-order valence-corrected chi connectivity index (χ0v) is 4.86. The minimum atomic E-state index is -0.709. The lowest BCUT2D eigenvalue weighted by molar-refractivity contribution is 0.569. The average molecular weight is 120 g/mol. The van der Waals surface area contributed by atoms with E-state index < -0.39 is 7.05 Å². The summed E-state index contributed by atoms with van der Waals surface area (Å²) in [4.78, 5) is 0. The van der Waals surface area contributed by atoms with Gasteiger partial charge in [0.1, 0.15) is 0 Å². The highest BCUT2D eigenvalue weighted by atomic mass is 32.1. The number of thiol groups is 1. The summed E-state index contributed by atoms with van der Waals surface area (Å²) >= 11 is 3.68. The van der Waals surface area contributed by atoms with E-state index in [0.717, 1.165) is 0 Å². The van der Waals surface area contributed by atoms with Crippen molar-refractivity contribution in [1.29, 1.82) is 0 Å². The fourth-order valence-electron chi connectivity index (χ4n) is 0.212. The molecule has 0 heterocycles. The third kappa shape index (κ3) is 6.29. The summed E-state index contributed by atoms with van der Waals surface area (Å²) in [5, 5.41) is 8.39. The van der Waals surface area contributed by atoms with Gasteiger partial charge in [-0.05, 0) is 6.32 Å². The molecule has 0 bridgehead atoms. The zero-order valence-electron chi connectivity index (χ0n) is 3.96. The quantitative estimate of drug-likeness (QED) is 0.281. The van der Waals surface area contributed by atoms with E-state index in [4.69, 9.17) is 10.7 Å². The summed E-state index contributed by atoms with van der Waals surface area (Å²) in [6.07, 6.45) is 0.545. The molecule has 5 heteroatoms. The summed E-state index contributed by atoms with van der Waals surface area (Å²) in [5.74, 6) is 0. The van der Waals surface area contributed by atoms with Crippen molar-refractivity contribution >= 4 is 19.9 Å². The van der Waals surface area contributed by atoms with Crippen molar-refractivity contribution in [2.24, 2.45) is 5.64 Å². The van der Waals surface area contributed by atoms with Crippen LogP contribution in [-0.4, -0.2) is 18.6 Å². The molecule has 0 aromatic rings. The van der Waals surface area contributed by atoms with Gasteiger partial charge in [-0.25, -0.2) is 0 Å². The molecule has 0 aromatic carbocycles. The lowest BCUT2D eigenvalue weighted by Gasteiger charge is -1.94. The van der Waals surface area contributed by atoms with Gasteiger partial charge < -0.3 is 10.7 Å². The molecule has 7 heavy (non-hydrogen) atoms. The van der Waals surface area contributed by atoms with Gasteiger partial charge >= 0.3 is 7.05 Å². The van der Waals surface area contributed by atoms with Gasteiger partial charge in [0.2, 0.25) is 0 Å². The Morgan fingerprint density at radius 1 is 1.86 bits per heavy atom. The molecule has 0 saturated carbocycles. The van der Waals surface area contributed by atoms with Crippen LogP contribution in [0.15, 0.2) is 0 Å². The van der Waals surface area contributed by atoms with Crippen molar-refractivity contribution < 1.29 is 5.02 Å². The van der Waals surface area contributed by atoms with Crippen LogP contribution in [-0.2, 0) is 0 Å². The van der Waals surface area contributed by atoms with Crippen LogP contribution in [0.1, 0.15) is 0 Å². The molecule has 0 atom stereocenters. The number of nitrogens with two attached hydrogens (primary N) is 1. The van der Waals surface area contributed by atoms with Crippen LogP contribution in [0.4, 0.5) is 0 Å². The van der Waals surface area contributed by atoms with E-state index in [1.165, 1.54) is 0 Å². The SMILES string of the molecule is NB(O)CCNS. The lowest BCUT2D eigenvalue weighted by Crippen LogP contribution is -2.27. The first-order valence-corrected chi connectivity index (χ1v) is 2.52. The molecule has 0 aliphatic carbocycles. The van der Waals surface area contributed by atoms with Gasteiger partial charge in [-0.2, -0.15) is 0 Å². The van der Waals surface area contributed by atoms with Crippen molar-refractivity contribution in [3.63, 3.8) is 0 Å². The first-order chi connectivity index (χ1) is 3.27. The zero-order chi connectivity index (χ0) is 5.70. The van der Waals surface area contributed by atoms with Crippen molar-refractivity contribution in [1.82, 2.24) is 4.72 Å². The van der Waals surface area contributed by atoms with Gasteiger partial charge in [0.15, 0.2) is 0 Å². The summed E-state index contributed by atoms with van der Waals surface area (Å²) in [6.45, 7) is 0.640. The fourth-order valence-corrected chi connectivity index (χ4v) is 0.342. The van der Waals surface area contributed by atoms with E-state index >= 15 is 0 Å². The summed E-state index contributed by atoms with van der Waals surface area (Å²) in [7, 11) is -0.709. The van der Waals surface area contributed by atoms with Crippen molar-refractivity contribution in [3.8, 4) is 0 Å². The third-order valence-corrected chi connectivity index (χ3v) is 0.776. The van der Waals surface area contributed by atoms with E-state index in [0.29, 0.717) is 12.9 Å². The Labute approximate surface area is 49.0 Å². The molecule has 0 rings (SSSR count). The molecule has 0 amide bonds. The standard InChI is InChI=1S/C2H9BN2OS/c4-3(6)1-2-5-7/h5-7H,1-2,4H2. The Hall–Kier alpha value is 0.295. The van der Waals surface area contributed by atoms with Crippen LogP contribution < -0.4 is 10.4 Å². The molecule has 3 nitrogen and oxygen atoms in total. The number of hydrogen-bond acceptors (Lipinski definition) is 4. The van der Waals surface area contributed by atoms with Crippen molar-refractivity contribution in [2.45, 2.75) is 6.32 Å². The average Bonchev–Trinajstić information content (AvgIpc) is 1.61. The van der Waals surface area contributed by atoms with Crippen LogP contribution in [0.25, 0.3) is 0 Å². The van der Waals surface area contributed by atoms with Gasteiger partial charge in [-0.1, -0.05) is 12.8 Å². The molecule has 0 fully saturated rings. The van der Waals surface area contributed by atoms with E-state index in [1.807, 2.05) is 0 Å². The number of nitrogens with one attached hydrogen (secondary N) is 1. The fraction of sp³-hybridized carbons (Fsp3) is 1.00. The minimum Gasteiger partial charge on any atom is -0.437 e. The largest absolute Gasteiger partial charge is 0.437 e. The van der Waals surface area contributed by atoms with Gasteiger partial charge in [-0.3, -0.25) is 4.72 Å². The number of rotatable bonds is 3. The molecule has 0 saturated heterocycles. The lowest BCUT2D eigenvalue weighted by atomic mass is 9.82.